The summed E-state index contributed by atoms with van der Waals surface area (Å²) >= 11 is 12.1. The Morgan fingerprint density at radius 1 is 1.19 bits per heavy atom. The van der Waals surface area contributed by atoms with Gasteiger partial charge in [-0.2, -0.15) is 0 Å². The molecule has 0 bridgehead atoms. The molecule has 0 radical (unpaired) electrons. The molecule has 1 fully saturated rings. The Hall–Kier alpha value is -2.38. The Labute approximate surface area is 158 Å². The molecule has 1 saturated heterocycles. The first-order chi connectivity index (χ1) is 12.1. The molecule has 0 saturated carbocycles. The molecular weight excluding hydrogens is 385 g/mol. The number of hydrogen-bond donors (Lipinski definition) is 0. The number of carbonyl (C=O) groups excluding carboxylic acids is 4. The summed E-state index contributed by atoms with van der Waals surface area (Å²) in [7, 11) is 0. The molecule has 7 nitrogen and oxygen atoms in total. The number of imide groups is 1. The van der Waals surface area contributed by atoms with Crippen molar-refractivity contribution in [1.29, 1.82) is 0 Å². The van der Waals surface area contributed by atoms with Crippen molar-refractivity contribution < 1.29 is 28.7 Å². The number of ketones is 1. The fraction of sp³-hybridized carbons (Fsp3) is 0.294. The molecule has 2 amide bonds. The zero-order chi connectivity index (χ0) is 19.2. The highest BCUT2D eigenvalue weighted by molar-refractivity contribution is 6.35. The molecule has 26 heavy (non-hydrogen) atoms. The summed E-state index contributed by atoms with van der Waals surface area (Å²) in [6, 6.07) is 4.43. The van der Waals surface area contributed by atoms with Crippen LogP contribution in [0.25, 0.3) is 0 Å². The molecule has 0 N–H and O–H groups in total. The Morgan fingerprint density at radius 3 is 2.35 bits per heavy atom. The van der Waals surface area contributed by atoms with E-state index in [9.17, 15) is 19.2 Å². The number of carbonyl (C=O) groups is 4. The zero-order valence-electron chi connectivity index (χ0n) is 13.8. The van der Waals surface area contributed by atoms with E-state index in [0.717, 1.165) is 11.8 Å². The van der Waals surface area contributed by atoms with Gasteiger partial charge in [0.1, 0.15) is 0 Å². The van der Waals surface area contributed by atoms with Crippen LogP contribution in [0.4, 0.5) is 0 Å². The molecule has 1 aromatic carbocycles. The van der Waals surface area contributed by atoms with Gasteiger partial charge in [-0.3, -0.25) is 19.2 Å². The van der Waals surface area contributed by atoms with Gasteiger partial charge >= 0.3 is 5.97 Å². The maximum absolute atomic E-state index is 13.0. The Kier molecular flexibility index (Phi) is 4.54. The molecule has 3 rings (SSSR count). The minimum atomic E-state index is -1.69. The second-order valence-corrected chi connectivity index (χ2v) is 6.78. The van der Waals surface area contributed by atoms with Gasteiger partial charge in [0.25, 0.3) is 11.7 Å². The number of hydrogen-bond acceptors (Lipinski definition) is 6. The number of likely N-dealkylation sites (tertiary alicyclic amines) is 1. The number of benzene rings is 1. The van der Waals surface area contributed by atoms with Crippen LogP contribution in [0.2, 0.25) is 10.0 Å². The maximum atomic E-state index is 13.0. The lowest BCUT2D eigenvalue weighted by Crippen LogP contribution is -2.34. The van der Waals surface area contributed by atoms with Crippen molar-refractivity contribution in [3.05, 3.63) is 45.5 Å². The molecular formula is C17H13Cl2NO6. The van der Waals surface area contributed by atoms with E-state index in [0.29, 0.717) is 5.02 Å². The van der Waals surface area contributed by atoms with Crippen LogP contribution in [0.5, 0.6) is 0 Å². The van der Waals surface area contributed by atoms with Gasteiger partial charge in [-0.25, -0.2) is 4.90 Å². The average molecular weight is 398 g/mol. The summed E-state index contributed by atoms with van der Waals surface area (Å²) in [5, 5.41) is 0.502. The number of ether oxygens (including phenoxy) is 2. The van der Waals surface area contributed by atoms with Crippen LogP contribution in [-0.2, 0) is 34.3 Å². The van der Waals surface area contributed by atoms with Gasteiger partial charge in [-0.15, -0.1) is 0 Å². The normalized spacial score (nSPS) is 22.9. The molecule has 0 spiro atoms. The molecule has 9 heteroatoms. The Bertz CT molecular complexity index is 877. The fourth-order valence-corrected chi connectivity index (χ4v) is 3.43. The van der Waals surface area contributed by atoms with Crippen LogP contribution < -0.4 is 0 Å². The topological polar surface area (TPSA) is 90.0 Å². The van der Waals surface area contributed by atoms with Crippen LogP contribution >= 0.6 is 23.2 Å². The van der Waals surface area contributed by atoms with Crippen molar-refractivity contribution in [2.75, 3.05) is 0 Å². The van der Waals surface area contributed by atoms with Gasteiger partial charge < -0.3 is 9.47 Å². The van der Waals surface area contributed by atoms with Crippen LogP contribution in [0.15, 0.2) is 29.8 Å². The molecule has 2 aliphatic rings. The van der Waals surface area contributed by atoms with Crippen LogP contribution in [-0.4, -0.2) is 28.5 Å². The monoisotopic (exact) mass is 397 g/mol. The van der Waals surface area contributed by atoms with Gasteiger partial charge in [0.15, 0.2) is 0 Å². The van der Waals surface area contributed by atoms with E-state index in [4.69, 9.17) is 32.7 Å². The molecule has 0 aromatic heterocycles. The summed E-state index contributed by atoms with van der Waals surface area (Å²) in [6.07, 6.45) is -0.0443. The Morgan fingerprint density at radius 2 is 1.81 bits per heavy atom. The van der Waals surface area contributed by atoms with Crippen LogP contribution in [0.1, 0.15) is 32.3 Å². The first kappa shape index (κ1) is 18.4. The number of halogens is 2. The third-order valence-electron chi connectivity index (χ3n) is 4.08. The van der Waals surface area contributed by atoms with Crippen molar-refractivity contribution in [3.63, 3.8) is 0 Å². The van der Waals surface area contributed by atoms with E-state index in [2.05, 4.69) is 0 Å². The van der Waals surface area contributed by atoms with Crippen molar-refractivity contribution >= 4 is 46.8 Å². The van der Waals surface area contributed by atoms with E-state index in [-0.39, 0.29) is 23.4 Å². The largest absolute Gasteiger partial charge is 0.456 e. The van der Waals surface area contributed by atoms with Gasteiger partial charge in [0, 0.05) is 35.4 Å². The predicted octanol–water partition coefficient (Wildman–Crippen LogP) is 2.69. The third-order valence-corrected chi connectivity index (χ3v) is 4.63. The minimum absolute atomic E-state index is 0.0222. The predicted molar refractivity (Wildman–Crippen MR) is 89.8 cm³/mol. The second kappa shape index (κ2) is 6.41. The van der Waals surface area contributed by atoms with E-state index < -0.39 is 40.8 Å². The quantitative estimate of drug-likeness (QED) is 0.575. The van der Waals surface area contributed by atoms with E-state index in [1.165, 1.54) is 25.1 Å². The molecule has 0 aliphatic carbocycles. The van der Waals surface area contributed by atoms with Gasteiger partial charge in [-0.1, -0.05) is 29.3 Å². The highest BCUT2D eigenvalue weighted by Crippen LogP contribution is 2.44. The van der Waals surface area contributed by atoms with E-state index >= 15 is 0 Å². The lowest BCUT2D eigenvalue weighted by molar-refractivity contribution is -0.144. The zero-order valence-corrected chi connectivity index (χ0v) is 15.3. The first-order valence-electron chi connectivity index (χ1n) is 7.63. The number of amides is 2. The average Bonchev–Trinajstić information content (AvgIpc) is 2.99. The summed E-state index contributed by atoms with van der Waals surface area (Å²) in [5.41, 5.74) is -1.43. The number of rotatable bonds is 3. The minimum Gasteiger partial charge on any atom is -0.456 e. The second-order valence-electron chi connectivity index (χ2n) is 5.94. The SMILES string of the molecule is CC(=O)OC1=C(N2C(=O)CCC2=O)OC(C)(c2ccc(Cl)cc2Cl)C1=O. The molecule has 1 aromatic rings. The van der Waals surface area contributed by atoms with E-state index in [1.54, 1.807) is 0 Å². The summed E-state index contributed by atoms with van der Waals surface area (Å²) < 4.78 is 10.7. The van der Waals surface area contributed by atoms with Crippen molar-refractivity contribution in [2.24, 2.45) is 0 Å². The number of esters is 1. The van der Waals surface area contributed by atoms with E-state index in [1.807, 2.05) is 0 Å². The maximum Gasteiger partial charge on any atom is 0.308 e. The lowest BCUT2D eigenvalue weighted by Gasteiger charge is -2.26. The summed E-state index contributed by atoms with van der Waals surface area (Å²) in [4.78, 5) is 49.3. The van der Waals surface area contributed by atoms with Crippen molar-refractivity contribution in [1.82, 2.24) is 4.90 Å². The van der Waals surface area contributed by atoms with Gasteiger partial charge in [0.2, 0.25) is 23.2 Å². The van der Waals surface area contributed by atoms with Crippen LogP contribution in [0.3, 0.4) is 0 Å². The highest BCUT2D eigenvalue weighted by Gasteiger charge is 2.54. The Balaban J connectivity index is 2.11. The molecule has 1 unspecified atom stereocenters. The summed E-state index contributed by atoms with van der Waals surface area (Å²) in [6.45, 7) is 2.50. The third kappa shape index (κ3) is 2.87. The first-order valence-corrected chi connectivity index (χ1v) is 8.38. The highest BCUT2D eigenvalue weighted by atomic mass is 35.5. The van der Waals surface area contributed by atoms with Gasteiger partial charge in [0.05, 0.1) is 0 Å². The molecule has 2 aliphatic heterocycles. The molecule has 1 atom stereocenters. The smallest absolute Gasteiger partial charge is 0.308 e. The fourth-order valence-electron chi connectivity index (χ4n) is 2.84. The number of Topliss-reactive ketones (excluding diaryl/α,β-unsaturated/α-hetero) is 1. The molecule has 2 heterocycles. The molecule has 136 valence electrons. The standard InChI is InChI=1S/C17H13Cl2NO6/c1-8(21)25-14-15(24)17(2,10-4-3-9(18)7-11(10)19)26-16(14)20-12(22)5-6-13(20)23/h3-4,7H,5-6H2,1-2H3. The van der Waals surface area contributed by atoms with Crippen molar-refractivity contribution in [2.45, 2.75) is 32.3 Å². The van der Waals surface area contributed by atoms with Crippen LogP contribution in [0, 0.1) is 0 Å². The van der Waals surface area contributed by atoms with Gasteiger partial charge in [-0.05, 0) is 19.1 Å². The number of nitrogens with zero attached hydrogens (tertiary/aromatic N) is 1. The van der Waals surface area contributed by atoms with Crippen molar-refractivity contribution in [3.8, 4) is 0 Å². The lowest BCUT2D eigenvalue weighted by atomic mass is 9.91. The summed E-state index contributed by atoms with van der Waals surface area (Å²) in [5.74, 6) is -3.52.